The van der Waals surface area contributed by atoms with Crippen molar-refractivity contribution in [1.29, 1.82) is 0 Å². The number of methoxy groups -OCH3 is 1. The molecule has 5 aromatic rings. The minimum Gasteiger partial charge on any atom is -0.488 e. The van der Waals surface area contributed by atoms with Crippen LogP contribution in [0.3, 0.4) is 0 Å². The van der Waals surface area contributed by atoms with E-state index in [9.17, 15) is 9.59 Å². The first kappa shape index (κ1) is 33.3. The van der Waals surface area contributed by atoms with Crippen LogP contribution in [-0.2, 0) is 16.1 Å². The van der Waals surface area contributed by atoms with Gasteiger partial charge in [-0.3, -0.25) is 9.69 Å². The average molecular weight is 690 g/mol. The van der Waals surface area contributed by atoms with Crippen LogP contribution in [0.25, 0.3) is 44.2 Å². The van der Waals surface area contributed by atoms with E-state index in [-0.39, 0.29) is 23.9 Å². The van der Waals surface area contributed by atoms with Crippen LogP contribution < -0.4 is 10.1 Å². The Hall–Kier alpha value is -4.90. The number of alkyl carbamates (subject to hydrolysis) is 1. The van der Waals surface area contributed by atoms with Gasteiger partial charge < -0.3 is 29.7 Å². The molecule has 3 aliphatic heterocycles. The Kier molecular flexibility index (Phi) is 8.49. The first-order chi connectivity index (χ1) is 24.6. The molecular weight excluding hydrogens is 642 g/mol. The highest BCUT2D eigenvalue weighted by Gasteiger charge is 2.41. The first-order valence-electron chi connectivity index (χ1n) is 18.3. The zero-order valence-electron chi connectivity index (χ0n) is 30.2. The van der Waals surface area contributed by atoms with E-state index in [2.05, 4.69) is 83.5 Å². The third-order valence-electron chi connectivity index (χ3n) is 11.8. The molecule has 1 unspecified atom stereocenters. The summed E-state index contributed by atoms with van der Waals surface area (Å²) in [5.74, 6) is 2.50. The Morgan fingerprint density at radius 2 is 1.80 bits per heavy atom. The quantitative estimate of drug-likeness (QED) is 0.160. The van der Waals surface area contributed by atoms with Gasteiger partial charge in [-0.15, -0.1) is 0 Å². The Morgan fingerprint density at radius 1 is 1.00 bits per heavy atom. The largest absolute Gasteiger partial charge is 0.488 e. The van der Waals surface area contributed by atoms with Crippen LogP contribution in [0.5, 0.6) is 5.75 Å². The lowest BCUT2D eigenvalue weighted by Gasteiger charge is -2.33. The van der Waals surface area contributed by atoms with E-state index in [4.69, 9.17) is 19.4 Å². The summed E-state index contributed by atoms with van der Waals surface area (Å²) in [6, 6.07) is 15.1. The predicted molar refractivity (Wildman–Crippen MR) is 197 cm³/mol. The highest BCUT2D eigenvalue weighted by atomic mass is 16.5. The van der Waals surface area contributed by atoms with Crippen LogP contribution in [-0.4, -0.2) is 74.0 Å². The van der Waals surface area contributed by atoms with Crippen molar-refractivity contribution < 1.29 is 19.1 Å². The summed E-state index contributed by atoms with van der Waals surface area (Å²) >= 11 is 0. The second-order valence-corrected chi connectivity index (χ2v) is 14.8. The molecule has 8 rings (SSSR count). The van der Waals surface area contributed by atoms with Crippen molar-refractivity contribution in [3.8, 4) is 28.1 Å². The molecule has 11 nitrogen and oxygen atoms in total. The lowest BCUT2D eigenvalue weighted by molar-refractivity contribution is -0.137. The lowest BCUT2D eigenvalue weighted by atomic mass is 9.92. The molecule has 3 N–H and O–H groups in total. The Bertz CT molecular complexity index is 2140. The van der Waals surface area contributed by atoms with Crippen LogP contribution in [0.2, 0.25) is 0 Å². The number of carbonyl (C=O) groups excluding carboxylic acids is 2. The smallest absolute Gasteiger partial charge is 0.407 e. The molecule has 0 spiro atoms. The molecule has 11 heteroatoms. The molecule has 0 aliphatic carbocycles. The van der Waals surface area contributed by atoms with Crippen LogP contribution in [0, 0.1) is 5.92 Å². The molecule has 2 saturated heterocycles. The molecule has 0 radical (unpaired) electrons. The highest BCUT2D eigenvalue weighted by molar-refractivity contribution is 6.07. The fourth-order valence-electron chi connectivity index (χ4n) is 8.39. The van der Waals surface area contributed by atoms with Gasteiger partial charge in [0.25, 0.3) is 0 Å². The average Bonchev–Trinajstić information content (AvgIpc) is 3.95. The minimum atomic E-state index is -0.675. The number of hydrogen-bond donors (Lipinski definition) is 3. The number of aromatic amines is 2. The van der Waals surface area contributed by atoms with Crippen LogP contribution in [0.15, 0.2) is 48.7 Å². The minimum absolute atomic E-state index is 0.0170. The molecule has 6 atom stereocenters. The van der Waals surface area contributed by atoms with Gasteiger partial charge in [0, 0.05) is 23.0 Å². The third kappa shape index (κ3) is 5.71. The van der Waals surface area contributed by atoms with E-state index in [1.54, 1.807) is 0 Å². The lowest BCUT2D eigenvalue weighted by Crippen LogP contribution is -2.53. The molecular formula is C40H47N7O4. The van der Waals surface area contributed by atoms with E-state index < -0.39 is 12.1 Å². The maximum absolute atomic E-state index is 13.9. The normalized spacial score (nSPS) is 22.8. The molecule has 3 aliphatic rings. The van der Waals surface area contributed by atoms with Crippen molar-refractivity contribution in [2.24, 2.45) is 5.92 Å². The van der Waals surface area contributed by atoms with Gasteiger partial charge in [-0.2, -0.15) is 0 Å². The number of nitrogens with one attached hydrogen (secondary N) is 3. The van der Waals surface area contributed by atoms with Gasteiger partial charge in [-0.25, -0.2) is 14.8 Å². The van der Waals surface area contributed by atoms with E-state index in [0.717, 1.165) is 92.8 Å². The summed E-state index contributed by atoms with van der Waals surface area (Å²) in [4.78, 5) is 47.4. The zero-order chi connectivity index (χ0) is 35.6. The topological polar surface area (TPSA) is 128 Å². The standard InChI is InChI=1S/C40H47N7O4/c1-7-21(2)35(45-40(49)50-6)39(48)47-23(4)9-15-33(47)37-41-19-31(43-37)25-10-12-27-26(16-25)20-51-34-18-28-24(17-29(27)34)11-13-30-36(28)44-38(42-30)32-14-8-22(3)46(32)5/h10-13,16-19,21-23,32-33,35H,7-9,14-15,20H2,1-6H3,(H,41,43)(H,42,44)(H,45,49)/t21?,22-,23-,32-,33-,35-/m0/s1. The second-order valence-electron chi connectivity index (χ2n) is 14.8. The molecule has 0 bridgehead atoms. The van der Waals surface area contributed by atoms with Crippen molar-refractivity contribution in [2.75, 3.05) is 14.2 Å². The summed E-state index contributed by atoms with van der Waals surface area (Å²) < 4.78 is 11.3. The maximum Gasteiger partial charge on any atom is 0.407 e. The van der Waals surface area contributed by atoms with Crippen molar-refractivity contribution in [3.05, 3.63) is 65.9 Å². The summed E-state index contributed by atoms with van der Waals surface area (Å²) in [7, 11) is 3.51. The molecule has 0 saturated carbocycles. The second kappa shape index (κ2) is 13.0. The number of benzene rings is 3. The van der Waals surface area contributed by atoms with E-state index in [1.165, 1.54) is 13.5 Å². The van der Waals surface area contributed by atoms with Gasteiger partial charge in [-0.05, 0) is 98.8 Å². The van der Waals surface area contributed by atoms with Gasteiger partial charge in [0.1, 0.15) is 30.0 Å². The molecule has 3 aromatic carbocycles. The molecule has 2 aromatic heterocycles. The van der Waals surface area contributed by atoms with Crippen molar-refractivity contribution in [2.45, 2.75) is 96.6 Å². The molecule has 2 fully saturated rings. The van der Waals surface area contributed by atoms with Gasteiger partial charge in [0.2, 0.25) is 5.91 Å². The molecule has 266 valence electrons. The monoisotopic (exact) mass is 689 g/mol. The zero-order valence-corrected chi connectivity index (χ0v) is 30.2. The first-order valence-corrected chi connectivity index (χ1v) is 18.3. The highest BCUT2D eigenvalue weighted by Crippen LogP contribution is 2.44. The predicted octanol–water partition coefficient (Wildman–Crippen LogP) is 7.64. The summed E-state index contributed by atoms with van der Waals surface area (Å²) in [5.41, 5.74) is 7.28. The van der Waals surface area contributed by atoms with Crippen LogP contribution in [0.1, 0.15) is 89.1 Å². The number of ether oxygens (including phenoxy) is 2. The summed E-state index contributed by atoms with van der Waals surface area (Å²) in [5, 5.41) is 5.05. The maximum atomic E-state index is 13.9. The van der Waals surface area contributed by atoms with Gasteiger partial charge in [0.05, 0.1) is 42.1 Å². The van der Waals surface area contributed by atoms with Crippen molar-refractivity contribution in [3.63, 3.8) is 0 Å². The SMILES string of the molecule is CCC(C)[C@H](NC(=O)OC)C(=O)N1[C@@H](C)CC[C@H]1c1ncc(-c2ccc3c(c2)COc2cc4c(ccc5nc([C@@H]6CC[C@H](C)N6C)[nH]c54)cc2-3)[nH]1. The fourth-order valence-corrected chi connectivity index (χ4v) is 8.39. The summed E-state index contributed by atoms with van der Waals surface area (Å²) in [6.45, 7) is 8.79. The Balaban J connectivity index is 1.06. The number of amides is 2. The number of fused-ring (bicyclic) bond motifs is 6. The van der Waals surface area contributed by atoms with Gasteiger partial charge in [0.15, 0.2) is 0 Å². The third-order valence-corrected chi connectivity index (χ3v) is 11.8. The summed E-state index contributed by atoms with van der Waals surface area (Å²) in [6.07, 6.45) is 5.92. The number of hydrogen-bond acceptors (Lipinski definition) is 7. The van der Waals surface area contributed by atoms with Gasteiger partial charge in [-0.1, -0.05) is 38.5 Å². The molecule has 51 heavy (non-hydrogen) atoms. The van der Waals surface area contributed by atoms with Crippen LogP contribution >= 0.6 is 0 Å². The number of rotatable bonds is 7. The van der Waals surface area contributed by atoms with E-state index in [0.29, 0.717) is 18.7 Å². The number of imidazole rings is 2. The van der Waals surface area contributed by atoms with Crippen LogP contribution in [0.4, 0.5) is 4.79 Å². The van der Waals surface area contributed by atoms with Crippen molar-refractivity contribution in [1.82, 2.24) is 35.1 Å². The number of likely N-dealkylation sites (tertiary alicyclic amines) is 2. The Morgan fingerprint density at radius 3 is 2.57 bits per heavy atom. The number of H-pyrrole nitrogens is 2. The number of nitrogens with zero attached hydrogens (tertiary/aromatic N) is 4. The molecule has 5 heterocycles. The fraction of sp³-hybridized carbons (Fsp3) is 0.450. The number of carbonyl (C=O) groups is 2. The van der Waals surface area contributed by atoms with Gasteiger partial charge >= 0.3 is 6.09 Å². The molecule has 2 amide bonds. The Labute approximate surface area is 298 Å². The van der Waals surface area contributed by atoms with Crippen molar-refractivity contribution >= 4 is 33.8 Å². The number of aromatic nitrogens is 4. The van der Waals surface area contributed by atoms with E-state index in [1.807, 2.05) is 24.9 Å². The van der Waals surface area contributed by atoms with E-state index >= 15 is 0 Å².